The highest BCUT2D eigenvalue weighted by molar-refractivity contribution is 6.04. The van der Waals surface area contributed by atoms with Crippen molar-refractivity contribution in [2.24, 2.45) is 11.7 Å². The molecule has 2 aliphatic heterocycles. The number of carbonyl (C=O) groups excluding carboxylic acids is 16. The molecule has 2 aromatic carbocycles. The Bertz CT molecular complexity index is 3820. The van der Waals surface area contributed by atoms with Crippen LogP contribution in [0.3, 0.4) is 0 Å². The fraction of sp³-hybridized carbons (Fsp3) is 0.641. The van der Waals surface area contributed by atoms with Crippen molar-refractivity contribution in [2.45, 2.75) is 289 Å². The van der Waals surface area contributed by atoms with E-state index in [0.29, 0.717) is 0 Å². The van der Waals surface area contributed by atoms with Crippen LogP contribution in [0.25, 0.3) is 0 Å². The molecule has 2 aromatic rings. The highest BCUT2D eigenvalue weighted by atomic mass is 16.3. The minimum absolute atomic E-state index is 0.0180. The molecule has 0 saturated carbocycles. The fourth-order valence-electron chi connectivity index (χ4n) is 12.5. The van der Waals surface area contributed by atoms with Crippen LogP contribution in [0.2, 0.25) is 0 Å². The SMILES string of the molecule is CC[C@@](C)(NC(=O)[C@H](CC(C)C)NC(=O)CNC(=O)[C@@](C)(CC)NC(=O)C(C)(C)NC(=O)C(C)(C)NC(=O)C(C)(C)NC(=O)[C@H](Cc1ccccc1)NC(C)=O)C(=O)NC(C)(C)C(=O)N1C[C@H](O)C[C@H]1C(=O)NC(CCC(N)=O)C(=O)N[C@](C)(CC)C(=O)N1C[C@H](O)C[C@H]1C(=O)NC(C)(C)C(=O)N[C@H](CO)Cc1ccccc1. The van der Waals surface area contributed by atoms with E-state index < -0.39 is 220 Å². The molecular weight excluding hydrogens is 1460 g/mol. The lowest BCUT2D eigenvalue weighted by Crippen LogP contribution is -2.68. The largest absolute Gasteiger partial charge is 0.394 e. The Balaban J connectivity index is 1.40. The predicted octanol–water partition coefficient (Wildman–Crippen LogP) is -1.90. The van der Waals surface area contributed by atoms with Crippen molar-refractivity contribution in [3.8, 4) is 0 Å². The van der Waals surface area contributed by atoms with Gasteiger partial charge in [-0.05, 0) is 146 Å². The summed E-state index contributed by atoms with van der Waals surface area (Å²) in [7, 11) is 0. The van der Waals surface area contributed by atoms with Gasteiger partial charge < -0.3 is 100.0 Å². The van der Waals surface area contributed by atoms with Gasteiger partial charge in [-0.25, -0.2) is 0 Å². The third-order valence-electron chi connectivity index (χ3n) is 20.4. The molecule has 11 atom stereocenters. The van der Waals surface area contributed by atoms with Gasteiger partial charge in [0.2, 0.25) is 94.5 Å². The van der Waals surface area contributed by atoms with Crippen LogP contribution < -0.4 is 74.9 Å². The Morgan fingerprint density at radius 3 is 1.36 bits per heavy atom. The number of nitrogens with two attached hydrogens (primary N) is 1. The molecule has 2 fully saturated rings. The van der Waals surface area contributed by atoms with E-state index in [-0.39, 0.29) is 63.8 Å². The zero-order valence-corrected chi connectivity index (χ0v) is 68.7. The van der Waals surface area contributed by atoms with E-state index in [9.17, 15) is 92.0 Å². The normalized spacial score (nSPS) is 18.6. The molecule has 35 heteroatoms. The third kappa shape index (κ3) is 26.7. The smallest absolute Gasteiger partial charge is 0.248 e. The fourth-order valence-corrected chi connectivity index (χ4v) is 12.5. The first-order valence-electron chi connectivity index (χ1n) is 38.2. The summed E-state index contributed by atoms with van der Waals surface area (Å²) in [6.07, 6.45) is -3.87. The van der Waals surface area contributed by atoms with Crippen LogP contribution in [-0.2, 0) is 89.6 Å². The molecule has 4 rings (SSSR count). The lowest BCUT2D eigenvalue weighted by atomic mass is 9.93. The summed E-state index contributed by atoms with van der Waals surface area (Å²) in [5, 5.41) is 66.1. The summed E-state index contributed by atoms with van der Waals surface area (Å²) >= 11 is 0. The monoisotopic (exact) mass is 1590 g/mol. The molecule has 0 aromatic heterocycles. The predicted molar refractivity (Wildman–Crippen MR) is 416 cm³/mol. The summed E-state index contributed by atoms with van der Waals surface area (Å²) < 4.78 is 0. The van der Waals surface area contributed by atoms with E-state index in [2.05, 4.69) is 69.1 Å². The van der Waals surface area contributed by atoms with Gasteiger partial charge in [0.1, 0.15) is 74.5 Å². The van der Waals surface area contributed by atoms with E-state index in [4.69, 9.17) is 5.73 Å². The van der Waals surface area contributed by atoms with Crippen LogP contribution in [0.5, 0.6) is 0 Å². The number of hydrogen-bond donors (Lipinski definition) is 17. The molecule has 0 bridgehead atoms. The van der Waals surface area contributed by atoms with Crippen LogP contribution in [0.15, 0.2) is 60.7 Å². The number of carbonyl (C=O) groups is 16. The van der Waals surface area contributed by atoms with Crippen molar-refractivity contribution >= 4 is 94.5 Å². The molecule has 0 radical (unpaired) electrons. The molecule has 35 nitrogen and oxygen atoms in total. The summed E-state index contributed by atoms with van der Waals surface area (Å²) in [5.74, 6) is -13.3. The topological polar surface area (TPSA) is 523 Å². The Kier molecular flexibility index (Phi) is 33.3. The highest BCUT2D eigenvalue weighted by Crippen LogP contribution is 2.28. The van der Waals surface area contributed by atoms with Gasteiger partial charge in [0.25, 0.3) is 0 Å². The van der Waals surface area contributed by atoms with Crippen LogP contribution in [0.1, 0.15) is 194 Å². The molecule has 628 valence electrons. The van der Waals surface area contributed by atoms with Gasteiger partial charge >= 0.3 is 0 Å². The van der Waals surface area contributed by atoms with Crippen LogP contribution in [-0.4, -0.2) is 239 Å². The minimum Gasteiger partial charge on any atom is -0.394 e. The maximum absolute atomic E-state index is 14.7. The number of likely N-dealkylation sites (tertiary alicyclic amines) is 2. The zero-order chi connectivity index (χ0) is 85.9. The number of β-amino-alcohol motifs (C(OH)–C–C–N with tert-alkyl or cyclic N) is 2. The van der Waals surface area contributed by atoms with Gasteiger partial charge in [-0.2, -0.15) is 0 Å². The first kappa shape index (κ1) is 95.2. The molecule has 1 unspecified atom stereocenters. The Hall–Kier alpha value is -10.2. The quantitative estimate of drug-likeness (QED) is 0.0347. The van der Waals surface area contributed by atoms with Crippen molar-refractivity contribution in [2.75, 3.05) is 26.2 Å². The average Bonchev–Trinajstić information content (AvgIpc) is 0.971. The number of nitrogens with one attached hydrogen (secondary N) is 13. The molecule has 2 aliphatic rings. The number of aliphatic hydroxyl groups is 3. The molecule has 0 spiro atoms. The molecule has 16 amide bonds. The lowest BCUT2D eigenvalue weighted by molar-refractivity contribution is -0.147. The number of benzene rings is 2. The number of aliphatic hydroxyl groups excluding tert-OH is 3. The van der Waals surface area contributed by atoms with E-state index in [1.165, 1.54) is 96.9 Å². The summed E-state index contributed by atoms with van der Waals surface area (Å²) in [6, 6.07) is 10.4. The molecule has 0 aliphatic carbocycles. The van der Waals surface area contributed by atoms with E-state index in [1.54, 1.807) is 77.1 Å². The van der Waals surface area contributed by atoms with E-state index in [0.717, 1.165) is 20.9 Å². The Labute approximate surface area is 661 Å². The van der Waals surface area contributed by atoms with Crippen molar-refractivity contribution in [3.63, 3.8) is 0 Å². The van der Waals surface area contributed by atoms with Crippen molar-refractivity contribution in [3.05, 3.63) is 71.8 Å². The maximum Gasteiger partial charge on any atom is 0.248 e. The summed E-state index contributed by atoms with van der Waals surface area (Å²) in [4.78, 5) is 224. The van der Waals surface area contributed by atoms with Gasteiger partial charge in [-0.3, -0.25) is 76.7 Å². The minimum atomic E-state index is -1.90. The van der Waals surface area contributed by atoms with Gasteiger partial charge in [0.15, 0.2) is 0 Å². The Morgan fingerprint density at radius 2 is 0.885 bits per heavy atom. The van der Waals surface area contributed by atoms with Gasteiger partial charge in [-0.15, -0.1) is 0 Å². The molecule has 113 heavy (non-hydrogen) atoms. The van der Waals surface area contributed by atoms with E-state index in [1.807, 2.05) is 18.2 Å². The average molecular weight is 1590 g/mol. The molecule has 2 saturated heterocycles. The molecule has 2 heterocycles. The number of primary amides is 1. The van der Waals surface area contributed by atoms with Crippen molar-refractivity contribution in [1.82, 2.24) is 78.9 Å². The van der Waals surface area contributed by atoms with E-state index >= 15 is 0 Å². The second-order valence-corrected chi connectivity index (χ2v) is 33.2. The summed E-state index contributed by atoms with van der Waals surface area (Å²) in [6.45, 7) is 25.4. The van der Waals surface area contributed by atoms with Gasteiger partial charge in [-0.1, -0.05) is 95.3 Å². The highest BCUT2D eigenvalue weighted by Gasteiger charge is 2.51. The number of nitrogens with zero attached hydrogens (tertiary/aromatic N) is 2. The lowest BCUT2D eigenvalue weighted by Gasteiger charge is -2.38. The van der Waals surface area contributed by atoms with Gasteiger partial charge in [0.05, 0.1) is 31.4 Å². The number of hydrogen-bond acceptors (Lipinski definition) is 19. The first-order chi connectivity index (χ1) is 52.2. The molecular formula is C78H122N16O19. The standard InChI is InChI=1S/C78H122N16O19/c1-20-76(17,92-66(109)74(13,14)90-65(108)73(11,12)89-64(107)72(9,10)85-59(102)53(81-45(6)96)37-47-31-27-24-28-32-47)67(110)80-40-57(100)83-52(35-44(4)5)60(103)87-77(18,21-2)68(111)91-75(15,16)69(112)93-41-49(97)38-54(93)61(104)84-51(33-34-56(79)99)58(101)88-78(19,22-3)70(113)94-42-50(98)39-55(94)62(105)86-71(7,8)63(106)82-48(43-95)36-46-29-25-23-26-30-46/h23-32,44,48-55,95,97-98H,20-22,33-43H2,1-19H3,(H2,79,99)(H,80,110)(H,81,96)(H,82,106)(H,83,100)(H,84,104)(H,85,102)(H,86,105)(H,87,103)(H,88,101)(H,89,107)(H,90,108)(H,91,111)(H,92,109)/t48-,49+,50+,51?,52-,53-,54-,55-,76+,77+,78+/m0/s1. The third-order valence-corrected chi connectivity index (χ3v) is 20.4. The number of amides is 16. The van der Waals surface area contributed by atoms with Crippen LogP contribution in [0.4, 0.5) is 0 Å². The van der Waals surface area contributed by atoms with Crippen molar-refractivity contribution < 1.29 is 92.0 Å². The van der Waals surface area contributed by atoms with Crippen molar-refractivity contribution in [1.29, 1.82) is 0 Å². The number of rotatable bonds is 40. The second kappa shape index (κ2) is 39.5. The summed E-state index contributed by atoms with van der Waals surface area (Å²) in [5.41, 5.74) is -6.86. The van der Waals surface area contributed by atoms with Gasteiger partial charge in [0, 0.05) is 45.7 Å². The second-order valence-electron chi connectivity index (χ2n) is 33.2. The van der Waals surface area contributed by atoms with Crippen LogP contribution in [0, 0.1) is 5.92 Å². The maximum atomic E-state index is 14.7. The molecule has 18 N–H and O–H groups in total. The Morgan fingerprint density at radius 1 is 0.460 bits per heavy atom. The van der Waals surface area contributed by atoms with Crippen LogP contribution >= 0.6 is 0 Å². The first-order valence-corrected chi connectivity index (χ1v) is 38.2. The zero-order valence-electron chi connectivity index (χ0n) is 68.7.